The van der Waals surface area contributed by atoms with Crippen molar-refractivity contribution in [2.75, 3.05) is 11.7 Å². The topological polar surface area (TPSA) is 76.1 Å². The molecule has 2 aliphatic heterocycles. The highest BCUT2D eigenvalue weighted by atomic mass is 16.7. The molecule has 2 aliphatic rings. The number of aliphatic hydroxyl groups is 1. The molecule has 0 radical (unpaired) electrons. The third kappa shape index (κ3) is 3.16. The van der Waals surface area contributed by atoms with Crippen molar-refractivity contribution in [3.05, 3.63) is 89.0 Å². The van der Waals surface area contributed by atoms with Gasteiger partial charge < -0.3 is 19.5 Å². The molecule has 1 amide bonds. The Morgan fingerprint density at radius 3 is 2.61 bits per heavy atom. The molecule has 0 saturated carbocycles. The maximum absolute atomic E-state index is 13.4. The summed E-state index contributed by atoms with van der Waals surface area (Å²) in [7, 11) is 0. The number of fused-ring (bicyclic) bond motifs is 2. The number of Topliss-reactive ketones (excluding diaryl/α,β-unsaturated/α-hetero) is 1. The van der Waals surface area contributed by atoms with Crippen LogP contribution >= 0.6 is 0 Å². The van der Waals surface area contributed by atoms with E-state index >= 15 is 0 Å². The third-order valence-corrected chi connectivity index (χ3v) is 5.94. The number of para-hydroxylation sites is 1. The largest absolute Gasteiger partial charge is 0.454 e. The summed E-state index contributed by atoms with van der Waals surface area (Å²) < 4.78 is 10.6. The van der Waals surface area contributed by atoms with Crippen LogP contribution in [0.3, 0.4) is 0 Å². The molecule has 6 heteroatoms. The molecule has 1 atom stereocenters. The van der Waals surface area contributed by atoms with Crippen LogP contribution < -0.4 is 14.4 Å². The zero-order chi connectivity index (χ0) is 21.6. The van der Waals surface area contributed by atoms with Crippen LogP contribution in [-0.2, 0) is 16.9 Å². The van der Waals surface area contributed by atoms with Gasteiger partial charge in [-0.1, -0.05) is 42.5 Å². The monoisotopic (exact) mass is 415 g/mol. The van der Waals surface area contributed by atoms with Gasteiger partial charge in [-0.3, -0.25) is 9.59 Å². The van der Waals surface area contributed by atoms with E-state index in [2.05, 4.69) is 0 Å². The number of anilines is 1. The number of benzene rings is 3. The molecule has 0 fully saturated rings. The SMILES string of the molecule is Cc1ccccc1CN1C(=O)[C@](O)(CC(=O)c2ccc3c(c2)OCO3)c2ccccc21. The van der Waals surface area contributed by atoms with Crippen molar-refractivity contribution in [1.82, 2.24) is 0 Å². The van der Waals surface area contributed by atoms with Gasteiger partial charge in [0.05, 0.1) is 18.7 Å². The van der Waals surface area contributed by atoms with E-state index in [-0.39, 0.29) is 19.0 Å². The van der Waals surface area contributed by atoms with Crippen molar-refractivity contribution in [2.24, 2.45) is 0 Å². The summed E-state index contributed by atoms with van der Waals surface area (Å²) in [5.74, 6) is 0.215. The highest BCUT2D eigenvalue weighted by Gasteiger charge is 2.50. The summed E-state index contributed by atoms with van der Waals surface area (Å²) in [6.45, 7) is 2.41. The highest BCUT2D eigenvalue weighted by Crippen LogP contribution is 2.44. The summed E-state index contributed by atoms with van der Waals surface area (Å²) in [5, 5.41) is 11.5. The van der Waals surface area contributed by atoms with Crippen LogP contribution in [0.25, 0.3) is 0 Å². The maximum Gasteiger partial charge on any atom is 0.264 e. The fraction of sp³-hybridized carbons (Fsp3) is 0.200. The molecular formula is C25H21NO5. The molecular weight excluding hydrogens is 394 g/mol. The second-order valence-corrected chi connectivity index (χ2v) is 7.86. The second-order valence-electron chi connectivity index (χ2n) is 7.86. The first kappa shape index (κ1) is 19.3. The first-order chi connectivity index (χ1) is 15.0. The number of nitrogens with zero attached hydrogens (tertiary/aromatic N) is 1. The average Bonchev–Trinajstić information content (AvgIpc) is 3.32. The smallest absolute Gasteiger partial charge is 0.264 e. The van der Waals surface area contributed by atoms with Gasteiger partial charge in [0.15, 0.2) is 22.9 Å². The van der Waals surface area contributed by atoms with E-state index in [1.54, 1.807) is 41.3 Å². The van der Waals surface area contributed by atoms with Crippen molar-refractivity contribution in [3.63, 3.8) is 0 Å². The molecule has 0 bridgehead atoms. The van der Waals surface area contributed by atoms with Crippen molar-refractivity contribution >= 4 is 17.4 Å². The Morgan fingerprint density at radius 2 is 1.77 bits per heavy atom. The van der Waals surface area contributed by atoms with Crippen molar-refractivity contribution in [2.45, 2.75) is 25.5 Å². The number of amides is 1. The van der Waals surface area contributed by atoms with Gasteiger partial charge >= 0.3 is 0 Å². The minimum Gasteiger partial charge on any atom is -0.454 e. The van der Waals surface area contributed by atoms with Crippen LogP contribution in [-0.4, -0.2) is 23.6 Å². The number of ether oxygens (including phenoxy) is 2. The number of ketones is 1. The van der Waals surface area contributed by atoms with Crippen LogP contribution in [0.4, 0.5) is 5.69 Å². The lowest BCUT2D eigenvalue weighted by atomic mass is 9.88. The van der Waals surface area contributed by atoms with Gasteiger partial charge in [-0.15, -0.1) is 0 Å². The van der Waals surface area contributed by atoms with E-state index in [1.165, 1.54) is 0 Å². The van der Waals surface area contributed by atoms with E-state index in [0.717, 1.165) is 11.1 Å². The average molecular weight is 415 g/mol. The van der Waals surface area contributed by atoms with Crippen LogP contribution in [0.15, 0.2) is 66.7 Å². The predicted octanol–water partition coefficient (Wildman–Crippen LogP) is 3.73. The summed E-state index contributed by atoms with van der Waals surface area (Å²) in [6, 6.07) is 19.8. The standard InChI is InChI=1S/C25H21NO5/c1-16-6-2-3-7-18(16)14-26-20-9-5-4-8-19(20)25(29,24(26)28)13-21(27)17-10-11-22-23(12-17)31-15-30-22/h2-12,29H,13-15H2,1H3/t25-/m0/s1. The van der Waals surface area contributed by atoms with Gasteiger partial charge in [-0.05, 0) is 42.3 Å². The molecule has 0 spiro atoms. The Balaban J connectivity index is 1.47. The van der Waals surface area contributed by atoms with Crippen LogP contribution in [0.5, 0.6) is 11.5 Å². The van der Waals surface area contributed by atoms with Crippen LogP contribution in [0.1, 0.15) is 33.5 Å². The minimum absolute atomic E-state index is 0.108. The lowest BCUT2D eigenvalue weighted by Crippen LogP contribution is -2.41. The molecule has 5 rings (SSSR count). The first-order valence-corrected chi connectivity index (χ1v) is 10.1. The summed E-state index contributed by atoms with van der Waals surface area (Å²) in [6.07, 6.45) is -0.354. The van der Waals surface area contributed by atoms with Crippen LogP contribution in [0.2, 0.25) is 0 Å². The first-order valence-electron chi connectivity index (χ1n) is 10.1. The molecule has 2 heterocycles. The fourth-order valence-electron chi connectivity index (χ4n) is 4.20. The number of hydrogen-bond acceptors (Lipinski definition) is 5. The van der Waals surface area contributed by atoms with Crippen molar-refractivity contribution in [3.8, 4) is 11.5 Å². The number of carbonyl (C=O) groups excluding carboxylic acids is 2. The van der Waals surface area contributed by atoms with E-state index in [4.69, 9.17) is 9.47 Å². The number of hydrogen-bond donors (Lipinski definition) is 1. The maximum atomic E-state index is 13.4. The summed E-state index contributed by atoms with van der Waals surface area (Å²) in [4.78, 5) is 28.0. The van der Waals surface area contributed by atoms with Crippen molar-refractivity contribution < 1.29 is 24.2 Å². The molecule has 3 aromatic rings. The number of carbonyl (C=O) groups is 2. The predicted molar refractivity (Wildman–Crippen MR) is 114 cm³/mol. The third-order valence-electron chi connectivity index (χ3n) is 5.94. The molecule has 156 valence electrons. The van der Waals surface area contributed by atoms with Gasteiger partial charge in [0.25, 0.3) is 5.91 Å². The number of aryl methyl sites for hydroxylation is 1. The lowest BCUT2D eigenvalue weighted by Gasteiger charge is -2.23. The zero-order valence-electron chi connectivity index (χ0n) is 17.0. The summed E-state index contributed by atoms with van der Waals surface area (Å²) >= 11 is 0. The molecule has 31 heavy (non-hydrogen) atoms. The Labute approximate surface area is 179 Å². The second kappa shape index (κ2) is 7.25. The van der Waals surface area contributed by atoms with Gasteiger partial charge in [-0.25, -0.2) is 0 Å². The van der Waals surface area contributed by atoms with Gasteiger partial charge in [-0.2, -0.15) is 0 Å². The Hall–Kier alpha value is -3.64. The quantitative estimate of drug-likeness (QED) is 0.643. The Kier molecular flexibility index (Phi) is 4.52. The van der Waals surface area contributed by atoms with Gasteiger partial charge in [0.2, 0.25) is 6.79 Å². The molecule has 0 aliphatic carbocycles. The molecule has 0 aromatic heterocycles. The fourth-order valence-corrected chi connectivity index (χ4v) is 4.20. The minimum atomic E-state index is -1.92. The van der Waals surface area contributed by atoms with E-state index in [1.807, 2.05) is 37.3 Å². The van der Waals surface area contributed by atoms with Crippen molar-refractivity contribution in [1.29, 1.82) is 0 Å². The van der Waals surface area contributed by atoms with E-state index in [9.17, 15) is 14.7 Å². The molecule has 0 saturated heterocycles. The van der Waals surface area contributed by atoms with Gasteiger partial charge in [0, 0.05) is 11.1 Å². The normalized spacial score (nSPS) is 18.9. The highest BCUT2D eigenvalue weighted by molar-refractivity contribution is 6.10. The van der Waals surface area contributed by atoms with E-state index < -0.39 is 11.5 Å². The Bertz CT molecular complexity index is 1200. The molecule has 3 aromatic carbocycles. The lowest BCUT2D eigenvalue weighted by molar-refractivity contribution is -0.136. The summed E-state index contributed by atoms with van der Waals surface area (Å²) in [5.41, 5.74) is 1.54. The Morgan fingerprint density at radius 1 is 1.03 bits per heavy atom. The van der Waals surface area contributed by atoms with Gasteiger partial charge in [0.1, 0.15) is 0 Å². The zero-order valence-corrected chi connectivity index (χ0v) is 17.0. The van der Waals surface area contributed by atoms with E-state index in [0.29, 0.717) is 34.9 Å². The molecule has 6 nitrogen and oxygen atoms in total. The molecule has 0 unspecified atom stereocenters. The number of rotatable bonds is 5. The molecule has 1 N–H and O–H groups in total. The van der Waals surface area contributed by atoms with Crippen LogP contribution in [0, 0.1) is 6.92 Å².